The molecule has 1 heterocycles. The smallest absolute Gasteiger partial charge is 0.218 e. The molecule has 0 saturated carbocycles. The van der Waals surface area contributed by atoms with Gasteiger partial charge in [0.25, 0.3) is 0 Å². The van der Waals surface area contributed by atoms with Crippen LogP contribution in [0.25, 0.3) is 0 Å². The van der Waals surface area contributed by atoms with E-state index in [1.807, 2.05) is 19.1 Å². The summed E-state index contributed by atoms with van der Waals surface area (Å²) in [4.78, 5) is 4.13. The number of nitrogens with zero attached hydrogens (tertiary/aromatic N) is 2. The molecule has 1 atom stereocenters. The van der Waals surface area contributed by atoms with Gasteiger partial charge in [0.05, 0.1) is 17.5 Å². The Labute approximate surface area is 103 Å². The Kier molecular flexibility index (Phi) is 5.04. The lowest BCUT2D eigenvalue weighted by Crippen LogP contribution is -2.40. The zero-order valence-corrected chi connectivity index (χ0v) is 11.0. The first-order valence-electron chi connectivity index (χ1n) is 5.61. The fourth-order valence-electron chi connectivity index (χ4n) is 1.43. The Hall–Kier alpha value is -0.980. The maximum Gasteiger partial charge on any atom is 0.218 e. The van der Waals surface area contributed by atoms with Gasteiger partial charge in [-0.3, -0.25) is 4.98 Å². The monoisotopic (exact) mass is 257 g/mol. The van der Waals surface area contributed by atoms with Crippen LogP contribution in [0.5, 0.6) is 0 Å². The molecule has 1 rings (SSSR count). The fourth-order valence-corrected chi connectivity index (χ4v) is 2.85. The van der Waals surface area contributed by atoms with Gasteiger partial charge >= 0.3 is 0 Å². The molecule has 1 aromatic heterocycles. The highest BCUT2D eigenvalue weighted by molar-refractivity contribution is 7.89. The predicted molar refractivity (Wildman–Crippen MR) is 67.8 cm³/mol. The first-order chi connectivity index (χ1) is 8.02. The second-order valence-electron chi connectivity index (χ2n) is 3.84. The van der Waals surface area contributed by atoms with Crippen LogP contribution in [0.15, 0.2) is 24.4 Å². The molecule has 0 saturated heterocycles. The van der Waals surface area contributed by atoms with Crippen molar-refractivity contribution in [1.82, 2.24) is 9.29 Å². The molecule has 0 spiro atoms. The van der Waals surface area contributed by atoms with Gasteiger partial charge in [0.2, 0.25) is 10.0 Å². The van der Waals surface area contributed by atoms with Crippen LogP contribution in [0.2, 0.25) is 0 Å². The molecule has 17 heavy (non-hydrogen) atoms. The van der Waals surface area contributed by atoms with Crippen molar-refractivity contribution in [2.45, 2.75) is 25.6 Å². The maximum atomic E-state index is 12.1. The predicted octanol–water partition coefficient (Wildman–Crippen LogP) is 0.581. The molecule has 2 N–H and O–H groups in total. The lowest BCUT2D eigenvalue weighted by molar-refractivity contribution is 0.412. The summed E-state index contributed by atoms with van der Waals surface area (Å²) in [6.07, 6.45) is 1.65. The average molecular weight is 257 g/mol. The summed E-state index contributed by atoms with van der Waals surface area (Å²) in [5, 5.41) is -0.564. The van der Waals surface area contributed by atoms with Gasteiger partial charge in [0.1, 0.15) is 0 Å². The summed E-state index contributed by atoms with van der Waals surface area (Å²) >= 11 is 0. The summed E-state index contributed by atoms with van der Waals surface area (Å²) in [5.41, 5.74) is 6.16. The van der Waals surface area contributed by atoms with Crippen molar-refractivity contribution in [3.63, 3.8) is 0 Å². The molecule has 6 heteroatoms. The topological polar surface area (TPSA) is 76.3 Å². The van der Waals surface area contributed by atoms with E-state index >= 15 is 0 Å². The summed E-state index contributed by atoms with van der Waals surface area (Å²) in [7, 11) is -3.33. The third-order valence-corrected chi connectivity index (χ3v) is 4.93. The van der Waals surface area contributed by atoms with E-state index in [1.54, 1.807) is 19.2 Å². The van der Waals surface area contributed by atoms with E-state index < -0.39 is 15.3 Å². The van der Waals surface area contributed by atoms with Gasteiger partial charge in [-0.25, -0.2) is 8.42 Å². The van der Waals surface area contributed by atoms with Gasteiger partial charge in [-0.15, -0.1) is 0 Å². The second kappa shape index (κ2) is 6.09. The molecule has 0 aliphatic carbocycles. The lowest BCUT2D eigenvalue weighted by atomic mass is 10.3. The first-order valence-corrected chi connectivity index (χ1v) is 7.11. The summed E-state index contributed by atoms with van der Waals surface area (Å²) in [5.74, 6) is 0. The van der Waals surface area contributed by atoms with Gasteiger partial charge in [-0.05, 0) is 19.1 Å². The molecule has 0 aliphatic heterocycles. The van der Waals surface area contributed by atoms with Crippen LogP contribution in [0.3, 0.4) is 0 Å². The zero-order chi connectivity index (χ0) is 12.9. The van der Waals surface area contributed by atoms with Crippen LogP contribution >= 0.6 is 0 Å². The van der Waals surface area contributed by atoms with Crippen molar-refractivity contribution in [1.29, 1.82) is 0 Å². The number of hydrogen-bond donors (Lipinski definition) is 1. The van der Waals surface area contributed by atoms with Gasteiger partial charge in [-0.2, -0.15) is 4.31 Å². The van der Waals surface area contributed by atoms with E-state index in [0.717, 1.165) is 5.69 Å². The molecule has 0 aliphatic rings. The minimum atomic E-state index is -3.33. The molecular formula is C11H19N3O2S. The number of rotatable bonds is 6. The van der Waals surface area contributed by atoms with E-state index in [0.29, 0.717) is 13.1 Å². The molecule has 1 unspecified atom stereocenters. The van der Waals surface area contributed by atoms with Crippen LogP contribution in [-0.4, -0.2) is 36.0 Å². The molecule has 0 bridgehead atoms. The van der Waals surface area contributed by atoms with E-state index in [4.69, 9.17) is 5.73 Å². The highest BCUT2D eigenvalue weighted by Gasteiger charge is 2.26. The minimum absolute atomic E-state index is 0.126. The standard InChI is InChI=1S/C11H19N3O2S/c1-3-14(17(15,16)10(2)8-12)9-11-6-4-5-7-13-11/h4-7,10H,3,8-9,12H2,1-2H3. The fraction of sp³-hybridized carbons (Fsp3) is 0.545. The number of hydrogen-bond acceptors (Lipinski definition) is 4. The van der Waals surface area contributed by atoms with E-state index in [1.165, 1.54) is 4.31 Å². The Morgan fingerprint density at radius 3 is 2.65 bits per heavy atom. The van der Waals surface area contributed by atoms with Crippen LogP contribution in [0.4, 0.5) is 0 Å². The third kappa shape index (κ3) is 3.49. The third-order valence-electron chi connectivity index (χ3n) is 2.62. The Morgan fingerprint density at radius 1 is 1.47 bits per heavy atom. The number of nitrogens with two attached hydrogens (primary N) is 1. The lowest BCUT2D eigenvalue weighted by Gasteiger charge is -2.23. The van der Waals surface area contributed by atoms with Gasteiger partial charge in [-0.1, -0.05) is 13.0 Å². The maximum absolute atomic E-state index is 12.1. The van der Waals surface area contributed by atoms with E-state index in [2.05, 4.69) is 4.98 Å². The molecule has 0 amide bonds. The molecule has 0 radical (unpaired) electrons. The number of pyridine rings is 1. The van der Waals surface area contributed by atoms with Crippen molar-refractivity contribution < 1.29 is 8.42 Å². The molecule has 0 fully saturated rings. The zero-order valence-electron chi connectivity index (χ0n) is 10.2. The van der Waals surface area contributed by atoms with Crippen LogP contribution in [-0.2, 0) is 16.6 Å². The van der Waals surface area contributed by atoms with Crippen molar-refractivity contribution >= 4 is 10.0 Å². The Morgan fingerprint density at radius 2 is 2.18 bits per heavy atom. The van der Waals surface area contributed by atoms with Crippen molar-refractivity contribution in [3.8, 4) is 0 Å². The molecule has 96 valence electrons. The van der Waals surface area contributed by atoms with Gasteiger partial charge in [0, 0.05) is 19.3 Å². The van der Waals surface area contributed by atoms with Crippen molar-refractivity contribution in [2.75, 3.05) is 13.1 Å². The first kappa shape index (κ1) is 14.1. The molecule has 0 aromatic carbocycles. The number of aromatic nitrogens is 1. The minimum Gasteiger partial charge on any atom is -0.329 e. The average Bonchev–Trinajstić information content (AvgIpc) is 2.35. The highest BCUT2D eigenvalue weighted by Crippen LogP contribution is 2.11. The Balaban J connectivity index is 2.86. The summed E-state index contributed by atoms with van der Waals surface area (Å²) < 4.78 is 25.6. The van der Waals surface area contributed by atoms with Crippen LogP contribution in [0.1, 0.15) is 19.5 Å². The summed E-state index contributed by atoms with van der Waals surface area (Å²) in [6, 6.07) is 5.46. The van der Waals surface area contributed by atoms with Crippen LogP contribution < -0.4 is 5.73 Å². The van der Waals surface area contributed by atoms with E-state index in [-0.39, 0.29) is 6.54 Å². The second-order valence-corrected chi connectivity index (χ2v) is 6.19. The SMILES string of the molecule is CCN(Cc1ccccn1)S(=O)(=O)C(C)CN. The van der Waals surface area contributed by atoms with Crippen molar-refractivity contribution in [3.05, 3.63) is 30.1 Å². The number of sulfonamides is 1. The Bertz CT molecular complexity index is 433. The highest BCUT2D eigenvalue weighted by atomic mass is 32.2. The molecular weight excluding hydrogens is 238 g/mol. The normalized spacial score (nSPS) is 13.9. The largest absolute Gasteiger partial charge is 0.329 e. The summed E-state index contributed by atoms with van der Waals surface area (Å²) in [6.45, 7) is 4.27. The molecule has 5 nitrogen and oxygen atoms in total. The van der Waals surface area contributed by atoms with Crippen LogP contribution in [0, 0.1) is 0 Å². The quantitative estimate of drug-likeness (QED) is 0.809. The van der Waals surface area contributed by atoms with Crippen molar-refractivity contribution in [2.24, 2.45) is 5.73 Å². The van der Waals surface area contributed by atoms with Gasteiger partial charge < -0.3 is 5.73 Å². The van der Waals surface area contributed by atoms with Gasteiger partial charge in [0.15, 0.2) is 0 Å². The molecule has 1 aromatic rings. The van der Waals surface area contributed by atoms with E-state index in [9.17, 15) is 8.42 Å².